The van der Waals surface area contributed by atoms with Gasteiger partial charge in [-0.15, -0.1) is 0 Å². The SMILES string of the molecule is Nc1cc2c(cc1N)C1CCC2O1.S=S=S=S=S=S=S=S=S=S=S=S=S=S=S=S=S=S=S=S=S=S=S=S=S=S=S=S=S=S=S=S=S=S=S=S=S=S=S=S=S=S=S=S. The molecule has 0 saturated carbocycles. The number of rotatable bonds is 0. The monoisotopic (exact) mass is 1580 g/mol. The highest BCUT2D eigenvalue weighted by atomic mass is 33.5. The molecule has 332 valence electrons. The van der Waals surface area contributed by atoms with Crippen LogP contribution in [0.2, 0.25) is 0 Å². The summed E-state index contributed by atoms with van der Waals surface area (Å²) in [6.45, 7) is 0. The predicted molar refractivity (Wildman–Crippen MR) is 375 cm³/mol. The fraction of sp³-hybridized carbons (Fsp3) is 0.400. The van der Waals surface area contributed by atoms with Gasteiger partial charge < -0.3 is 16.2 Å². The molecule has 3 rings (SSSR count). The molecule has 47 heteroatoms. The third-order valence-electron chi connectivity index (χ3n) is 4.14. The van der Waals surface area contributed by atoms with E-state index < -0.39 is 0 Å². The second kappa shape index (κ2) is 48.1. The van der Waals surface area contributed by atoms with Gasteiger partial charge >= 0.3 is 0 Å². The van der Waals surface area contributed by atoms with Gasteiger partial charge in [-0.25, -0.2) is 0 Å². The van der Waals surface area contributed by atoms with Crippen molar-refractivity contribution in [3.63, 3.8) is 0 Å². The van der Waals surface area contributed by atoms with Gasteiger partial charge in [0.25, 0.3) is 0 Å². The largest absolute Gasteiger partial charge is 0.397 e. The number of fused-ring (bicyclic) bond motifs is 5. The molecule has 57 heavy (non-hydrogen) atoms. The van der Waals surface area contributed by atoms with Crippen LogP contribution in [-0.2, 0) is 400 Å². The van der Waals surface area contributed by atoms with Crippen LogP contribution in [0, 0.1) is 0 Å². The van der Waals surface area contributed by atoms with E-state index in [9.17, 15) is 0 Å². The molecule has 2 aliphatic heterocycles. The van der Waals surface area contributed by atoms with Crippen molar-refractivity contribution in [2.75, 3.05) is 11.5 Å². The maximum Gasteiger partial charge on any atom is 0.0838 e. The highest BCUT2D eigenvalue weighted by Crippen LogP contribution is 2.51. The van der Waals surface area contributed by atoms with Crippen LogP contribution in [0.3, 0.4) is 0 Å². The van der Waals surface area contributed by atoms with E-state index in [1.165, 1.54) is 28.9 Å². The van der Waals surface area contributed by atoms with Crippen molar-refractivity contribution >= 4 is 407 Å². The Bertz CT molecular complexity index is 3400. The number of ether oxygens (including phenoxy) is 1. The van der Waals surface area contributed by atoms with E-state index in [0.29, 0.717) is 11.4 Å². The molecule has 1 fully saturated rings. The zero-order chi connectivity index (χ0) is 40.7. The Morgan fingerprint density at radius 3 is 0.632 bits per heavy atom. The lowest BCUT2D eigenvalue weighted by Gasteiger charge is -2.13. The van der Waals surface area contributed by atoms with Crippen LogP contribution in [0.5, 0.6) is 0 Å². The number of anilines is 2. The Morgan fingerprint density at radius 1 is 0.316 bits per heavy atom. The van der Waals surface area contributed by atoms with Crippen LogP contribution in [0.4, 0.5) is 11.4 Å². The highest BCUT2D eigenvalue weighted by Gasteiger charge is 2.38. The van der Waals surface area contributed by atoms with E-state index in [0.717, 1.165) is 12.8 Å². The molecule has 4 N–H and O–H groups in total. The molecule has 0 amide bonds. The van der Waals surface area contributed by atoms with E-state index in [1.807, 2.05) is 261 Å². The topological polar surface area (TPSA) is 61.3 Å². The molecule has 2 atom stereocenters. The van der Waals surface area contributed by atoms with Gasteiger partial charge in [-0.05, 0) is 36.1 Å². The van der Waals surface area contributed by atoms with Crippen molar-refractivity contribution in [3.8, 4) is 0 Å². The molecule has 0 aliphatic carbocycles. The van der Waals surface area contributed by atoms with Gasteiger partial charge in [0.15, 0.2) is 0 Å². The second-order valence-electron chi connectivity index (χ2n) is 6.66. The molecule has 0 aromatic heterocycles. The minimum Gasteiger partial charge on any atom is -0.397 e. The van der Waals surface area contributed by atoms with Crippen molar-refractivity contribution in [3.05, 3.63) is 23.3 Å². The molecule has 0 spiro atoms. The average Bonchev–Trinajstić information content (AvgIpc) is 3.83. The van der Waals surface area contributed by atoms with E-state index in [1.54, 1.807) is 107 Å². The lowest BCUT2D eigenvalue weighted by molar-refractivity contribution is 0.0717. The third-order valence-corrected chi connectivity index (χ3v) is 95.3. The zero-order valence-electron chi connectivity index (χ0n) is 25.2. The van der Waals surface area contributed by atoms with Crippen molar-refractivity contribution < 1.29 is 4.74 Å². The average molecular weight is 1590 g/mol. The summed E-state index contributed by atoms with van der Waals surface area (Å²) in [5.41, 5.74) is 15.3. The van der Waals surface area contributed by atoms with Crippen LogP contribution in [0.15, 0.2) is 12.1 Å². The van der Waals surface area contributed by atoms with Gasteiger partial charge in [-0.2, -0.15) is 0 Å². The normalized spacial score (nSPS) is 12.6. The van der Waals surface area contributed by atoms with Crippen LogP contribution >= 0.6 is 0 Å². The van der Waals surface area contributed by atoms with Crippen LogP contribution in [0.25, 0.3) is 0 Å². The third kappa shape index (κ3) is 37.0. The molecule has 2 bridgehead atoms. The second-order valence-corrected chi connectivity index (χ2v) is 81.0. The number of hydrogen-bond donors (Lipinski definition) is 2. The fourth-order valence-electron chi connectivity index (χ4n) is 2.77. The maximum absolute atomic E-state index is 5.74. The summed E-state index contributed by atoms with van der Waals surface area (Å²) in [6.07, 6.45) is 2.81. The summed E-state index contributed by atoms with van der Waals surface area (Å²) in [5.74, 6) is 0. The lowest BCUT2D eigenvalue weighted by atomic mass is 9.91. The lowest BCUT2D eigenvalue weighted by Crippen LogP contribution is -2.02. The Kier molecular flexibility index (Phi) is 52.0. The van der Waals surface area contributed by atoms with Crippen molar-refractivity contribution in [2.24, 2.45) is 0 Å². The van der Waals surface area contributed by atoms with Gasteiger partial charge in [0.05, 0.1) is 23.6 Å². The van der Waals surface area contributed by atoms with Crippen molar-refractivity contribution in [1.29, 1.82) is 0 Å². The molecule has 1 aromatic carbocycles. The molecular formula is C10H12N2OS44. The summed E-state index contributed by atoms with van der Waals surface area (Å²) in [7, 11) is 74.7. The Balaban J connectivity index is 0.000000705. The van der Waals surface area contributed by atoms with Crippen LogP contribution in [-0.4, -0.2) is 0 Å². The highest BCUT2D eigenvalue weighted by molar-refractivity contribution is 8.81. The van der Waals surface area contributed by atoms with Gasteiger partial charge in [-0.3, -0.25) is 0 Å². The summed E-state index contributed by atoms with van der Waals surface area (Å²) in [6, 6.07) is 3.93. The number of nitrogen functional groups attached to an aromatic ring is 2. The quantitative estimate of drug-likeness (QED) is 0.388. The first-order valence-electron chi connectivity index (χ1n) is 11.8. The van der Waals surface area contributed by atoms with E-state index in [4.69, 9.17) is 38.6 Å². The maximum atomic E-state index is 5.74. The molecule has 2 unspecified atom stereocenters. The minimum absolute atomic E-state index is 0.280. The first-order valence-corrected chi connectivity index (χ1v) is 69.1. The minimum atomic E-state index is 0.280. The fourth-order valence-corrected chi connectivity index (χ4v) is 113. The Hall–Kier alpha value is 8.46. The van der Waals surface area contributed by atoms with E-state index in [2.05, 4.69) is 0 Å². The Morgan fingerprint density at radius 2 is 0.474 bits per heavy atom. The van der Waals surface area contributed by atoms with E-state index >= 15 is 0 Å². The predicted octanol–water partition coefficient (Wildman–Crippen LogP) is 1.65. The van der Waals surface area contributed by atoms with E-state index in [-0.39, 0.29) is 12.2 Å². The zero-order valence-corrected chi connectivity index (χ0v) is 61.2. The standard InChI is InChI=1S/C10H12N2O.S44/c11-7-3-5-6(4-8(7)12)10-2-1-9(5)13-10;1-3-5-7-9-11-13-15-17-19-21-23-25-27-29-31-33-35-37-39-41-43-44-42-40-38-36-34-32-30-28-26-24-22-20-18-16-14-12-10-8-6-4-2/h3-4,9-10H,1-2,11-12H2;. The van der Waals surface area contributed by atoms with Gasteiger partial charge in [0.2, 0.25) is 0 Å². The van der Waals surface area contributed by atoms with Gasteiger partial charge in [-0.1, -0.05) is 0 Å². The smallest absolute Gasteiger partial charge is 0.0838 e. The number of hydrogen-bond acceptors (Lipinski definition) is 5. The van der Waals surface area contributed by atoms with Crippen molar-refractivity contribution in [2.45, 2.75) is 25.0 Å². The molecule has 2 aliphatic rings. The van der Waals surface area contributed by atoms with Gasteiger partial charge in [0.1, 0.15) is 0 Å². The first kappa shape index (κ1) is 61.6. The Labute approximate surface area is 459 Å². The van der Waals surface area contributed by atoms with Gasteiger partial charge in [0, 0.05) is 395 Å². The summed E-state index contributed by atoms with van der Waals surface area (Å²) in [4.78, 5) is 0. The number of benzene rings is 1. The summed E-state index contributed by atoms with van der Waals surface area (Å²) < 4.78 is 5.74. The first-order chi connectivity index (χ1) is 28.2. The molecule has 3 nitrogen and oxygen atoms in total. The number of nitrogens with two attached hydrogens (primary N) is 2. The summed E-state index contributed by atoms with van der Waals surface area (Å²) in [5, 5.41) is 0. The molecule has 2 heterocycles. The molecule has 0 radical (unpaired) electrons. The molecular weight excluding hydrogens is 1580 g/mol. The van der Waals surface area contributed by atoms with Crippen LogP contribution < -0.4 is 11.5 Å². The molecule has 1 aromatic rings. The summed E-state index contributed by atoms with van der Waals surface area (Å²) >= 11 is 9.61. The van der Waals surface area contributed by atoms with Crippen molar-refractivity contribution in [1.82, 2.24) is 0 Å². The van der Waals surface area contributed by atoms with Crippen LogP contribution in [0.1, 0.15) is 36.2 Å². The molecule has 1 saturated heterocycles.